The van der Waals surface area contributed by atoms with Crippen LogP contribution in [0.2, 0.25) is 0 Å². The van der Waals surface area contributed by atoms with Gasteiger partial charge in [0.25, 0.3) is 0 Å². The number of thiazole rings is 1. The summed E-state index contributed by atoms with van der Waals surface area (Å²) in [6, 6.07) is 6.04. The third-order valence-electron chi connectivity index (χ3n) is 4.67. The van der Waals surface area contributed by atoms with Crippen LogP contribution in [0.4, 0.5) is 15.2 Å². The number of amides is 1. The topological polar surface area (TPSA) is 59.5 Å². The first-order valence-corrected chi connectivity index (χ1v) is 10.2. The van der Waals surface area contributed by atoms with Crippen molar-refractivity contribution in [2.24, 2.45) is 5.92 Å². The summed E-state index contributed by atoms with van der Waals surface area (Å²) >= 11 is 1.20. The Morgan fingerprint density at radius 3 is 2.82 bits per heavy atom. The van der Waals surface area contributed by atoms with Crippen LogP contribution in [-0.2, 0) is 14.3 Å². The molecule has 2 aromatic rings. The van der Waals surface area contributed by atoms with Gasteiger partial charge in [0.15, 0.2) is 5.13 Å². The molecule has 1 amide bonds. The van der Waals surface area contributed by atoms with Gasteiger partial charge in [0.05, 0.1) is 11.4 Å². The number of halogens is 1. The molecule has 0 radical (unpaired) electrons. The number of carbonyl (C=O) groups is 2. The quantitative estimate of drug-likeness (QED) is 0.516. The van der Waals surface area contributed by atoms with Crippen LogP contribution >= 0.6 is 11.3 Å². The molecule has 0 aliphatic heterocycles. The molecule has 1 saturated carbocycles. The molecule has 1 aliphatic carbocycles. The lowest BCUT2D eigenvalue weighted by molar-refractivity contribution is -0.144. The number of nitrogens with zero attached hydrogens (tertiary/aromatic N) is 2. The number of para-hydroxylation sites is 1. The molecule has 0 saturated heterocycles. The molecule has 0 spiro atoms. The van der Waals surface area contributed by atoms with Crippen molar-refractivity contribution in [1.82, 2.24) is 4.98 Å². The van der Waals surface area contributed by atoms with E-state index in [4.69, 9.17) is 4.74 Å². The molecule has 0 N–H and O–H groups in total. The zero-order valence-corrected chi connectivity index (χ0v) is 16.7. The highest BCUT2D eigenvalue weighted by Crippen LogP contribution is 2.31. The molecule has 1 aromatic carbocycles. The Morgan fingerprint density at radius 1 is 1.32 bits per heavy atom. The summed E-state index contributed by atoms with van der Waals surface area (Å²) in [5.41, 5.74) is 0.655. The Morgan fingerprint density at radius 2 is 2.11 bits per heavy atom. The summed E-state index contributed by atoms with van der Waals surface area (Å²) in [5, 5.41) is 2.05. The maximum absolute atomic E-state index is 14.1. The van der Waals surface area contributed by atoms with E-state index in [-0.39, 0.29) is 17.7 Å². The van der Waals surface area contributed by atoms with Crippen molar-refractivity contribution in [2.75, 3.05) is 4.90 Å². The van der Waals surface area contributed by atoms with Crippen LogP contribution in [0.5, 0.6) is 0 Å². The Balaban J connectivity index is 1.68. The fourth-order valence-electron chi connectivity index (χ4n) is 3.34. The van der Waals surface area contributed by atoms with Crippen molar-refractivity contribution < 1.29 is 18.7 Å². The average molecular weight is 402 g/mol. The summed E-state index contributed by atoms with van der Waals surface area (Å²) in [6.45, 7) is 3.52. The lowest BCUT2D eigenvalue weighted by atomic mass is 9.89. The van der Waals surface area contributed by atoms with Crippen molar-refractivity contribution in [2.45, 2.75) is 45.6 Å². The molecule has 5 nitrogen and oxygen atoms in total. The van der Waals surface area contributed by atoms with Gasteiger partial charge in [-0.2, -0.15) is 0 Å². The molecular weight excluding hydrogens is 379 g/mol. The van der Waals surface area contributed by atoms with E-state index in [0.717, 1.165) is 19.3 Å². The summed E-state index contributed by atoms with van der Waals surface area (Å²) in [4.78, 5) is 29.7. The minimum atomic E-state index is -0.504. The summed E-state index contributed by atoms with van der Waals surface area (Å²) in [6.07, 6.45) is 6.93. The summed E-state index contributed by atoms with van der Waals surface area (Å²) < 4.78 is 19.6. The van der Waals surface area contributed by atoms with Crippen LogP contribution < -0.4 is 4.90 Å². The van der Waals surface area contributed by atoms with Gasteiger partial charge < -0.3 is 4.74 Å². The lowest BCUT2D eigenvalue weighted by Gasteiger charge is -2.25. The number of esters is 1. The van der Waals surface area contributed by atoms with Crippen molar-refractivity contribution in [3.05, 3.63) is 47.2 Å². The maximum Gasteiger partial charge on any atom is 0.331 e. The predicted molar refractivity (Wildman–Crippen MR) is 108 cm³/mol. The number of carbonyl (C=O) groups excluding carboxylic acids is 2. The lowest BCUT2D eigenvalue weighted by Crippen LogP contribution is -2.23. The van der Waals surface area contributed by atoms with Crippen molar-refractivity contribution in [1.29, 1.82) is 0 Å². The van der Waals surface area contributed by atoms with Gasteiger partial charge in [-0.25, -0.2) is 14.2 Å². The number of rotatable bonds is 5. The number of benzene rings is 1. The van der Waals surface area contributed by atoms with E-state index in [2.05, 4.69) is 11.9 Å². The van der Waals surface area contributed by atoms with Gasteiger partial charge in [0.2, 0.25) is 5.91 Å². The molecule has 148 valence electrons. The predicted octanol–water partition coefficient (Wildman–Crippen LogP) is 5.10. The van der Waals surface area contributed by atoms with E-state index in [1.165, 1.54) is 47.8 Å². The minimum Gasteiger partial charge on any atom is -0.459 e. The highest BCUT2D eigenvalue weighted by molar-refractivity contribution is 7.14. The number of aromatic nitrogens is 1. The first-order valence-electron chi connectivity index (χ1n) is 9.33. The molecule has 7 heteroatoms. The zero-order valence-electron chi connectivity index (χ0n) is 15.9. The van der Waals surface area contributed by atoms with Crippen LogP contribution in [-0.4, -0.2) is 23.0 Å². The van der Waals surface area contributed by atoms with Gasteiger partial charge in [0.1, 0.15) is 11.9 Å². The second kappa shape index (κ2) is 9.10. The Kier molecular flexibility index (Phi) is 6.57. The third kappa shape index (κ3) is 5.04. The molecule has 2 atom stereocenters. The van der Waals surface area contributed by atoms with E-state index < -0.39 is 11.8 Å². The highest BCUT2D eigenvalue weighted by atomic mass is 32.1. The smallest absolute Gasteiger partial charge is 0.331 e. The number of anilines is 2. The second-order valence-corrected chi connectivity index (χ2v) is 7.86. The van der Waals surface area contributed by atoms with Crippen LogP contribution in [0.1, 0.15) is 45.2 Å². The Bertz CT molecular complexity index is 880. The minimum absolute atomic E-state index is 0.0267. The van der Waals surface area contributed by atoms with E-state index in [9.17, 15) is 14.0 Å². The molecule has 2 unspecified atom stereocenters. The van der Waals surface area contributed by atoms with Gasteiger partial charge in [-0.1, -0.05) is 25.5 Å². The van der Waals surface area contributed by atoms with E-state index in [1.54, 1.807) is 23.6 Å². The maximum atomic E-state index is 14.1. The van der Waals surface area contributed by atoms with Crippen LogP contribution in [0.25, 0.3) is 6.08 Å². The molecule has 28 heavy (non-hydrogen) atoms. The van der Waals surface area contributed by atoms with Gasteiger partial charge in [-0.15, -0.1) is 11.3 Å². The van der Waals surface area contributed by atoms with Crippen LogP contribution in [0.3, 0.4) is 0 Å². The first-order chi connectivity index (χ1) is 13.4. The van der Waals surface area contributed by atoms with Gasteiger partial charge in [-0.05, 0) is 43.4 Å². The third-order valence-corrected chi connectivity index (χ3v) is 5.51. The van der Waals surface area contributed by atoms with Crippen LogP contribution in [0.15, 0.2) is 35.7 Å². The molecule has 1 aromatic heterocycles. The molecule has 3 rings (SSSR count). The number of hydrogen-bond donors (Lipinski definition) is 0. The SMILES string of the molecule is CC(=O)N(c1nc(C=CC(=O)OC2CCCC(C)C2)cs1)c1ccccc1F. The normalized spacial score (nSPS) is 19.5. The zero-order chi connectivity index (χ0) is 20.1. The number of ether oxygens (including phenoxy) is 1. The molecule has 1 aliphatic rings. The molecule has 1 heterocycles. The molecule has 1 fully saturated rings. The van der Waals surface area contributed by atoms with Crippen molar-refractivity contribution in [3.8, 4) is 0 Å². The second-order valence-electron chi connectivity index (χ2n) is 7.02. The summed E-state index contributed by atoms with van der Waals surface area (Å²) in [5.74, 6) is -0.671. The average Bonchev–Trinajstić information content (AvgIpc) is 3.10. The monoisotopic (exact) mass is 402 g/mol. The first kappa shape index (κ1) is 20.2. The van der Waals surface area contributed by atoms with E-state index >= 15 is 0 Å². The van der Waals surface area contributed by atoms with Gasteiger partial charge >= 0.3 is 5.97 Å². The standard InChI is InChI=1S/C21H23FN2O3S/c1-14-6-5-7-17(12-14)27-20(26)11-10-16-13-28-21(23-16)24(15(2)25)19-9-4-3-8-18(19)22/h3-4,8-11,13-14,17H,5-7,12H2,1-2H3. The fourth-order valence-corrected chi connectivity index (χ4v) is 4.19. The van der Waals surface area contributed by atoms with E-state index in [0.29, 0.717) is 16.7 Å². The van der Waals surface area contributed by atoms with Gasteiger partial charge in [-0.3, -0.25) is 9.69 Å². The van der Waals surface area contributed by atoms with Crippen LogP contribution in [0, 0.1) is 11.7 Å². The molecule has 0 bridgehead atoms. The Hall–Kier alpha value is -2.54. The van der Waals surface area contributed by atoms with E-state index in [1.807, 2.05) is 0 Å². The fraction of sp³-hybridized carbons (Fsp3) is 0.381. The number of hydrogen-bond acceptors (Lipinski definition) is 5. The van der Waals surface area contributed by atoms with Crippen molar-refractivity contribution in [3.63, 3.8) is 0 Å². The molecular formula is C21H23FN2O3S. The van der Waals surface area contributed by atoms with Gasteiger partial charge in [0, 0.05) is 18.4 Å². The van der Waals surface area contributed by atoms with Crippen molar-refractivity contribution >= 4 is 40.1 Å². The highest BCUT2D eigenvalue weighted by Gasteiger charge is 2.22. The largest absolute Gasteiger partial charge is 0.459 e. The summed E-state index contributed by atoms with van der Waals surface area (Å²) in [7, 11) is 0. The Labute approximate surface area is 167 Å².